The number of carbonyl (C=O) groups is 1. The third-order valence-corrected chi connectivity index (χ3v) is 7.99. The van der Waals surface area contributed by atoms with E-state index in [-0.39, 0.29) is 22.8 Å². The lowest BCUT2D eigenvalue weighted by Gasteiger charge is -2.21. The van der Waals surface area contributed by atoms with Gasteiger partial charge in [0.15, 0.2) is 0 Å². The molecule has 0 spiro atoms. The van der Waals surface area contributed by atoms with Gasteiger partial charge in [0, 0.05) is 13.1 Å². The summed E-state index contributed by atoms with van der Waals surface area (Å²) in [5, 5.41) is 1.92. The zero-order chi connectivity index (χ0) is 22.6. The average molecular weight is 477 g/mol. The molecule has 4 rings (SSSR count). The highest BCUT2D eigenvalue weighted by molar-refractivity contribution is 7.89. The molecule has 0 atom stereocenters. The molecule has 0 bridgehead atoms. The highest BCUT2D eigenvalue weighted by Crippen LogP contribution is 2.30. The number of methoxy groups -OCH3 is 1. The van der Waals surface area contributed by atoms with E-state index in [9.17, 15) is 13.2 Å². The Hall–Kier alpha value is -2.69. The van der Waals surface area contributed by atoms with Crippen molar-refractivity contribution in [3.63, 3.8) is 0 Å². The van der Waals surface area contributed by atoms with Gasteiger partial charge in [-0.25, -0.2) is 18.2 Å². The second-order valence-electron chi connectivity index (χ2n) is 7.38. The lowest BCUT2D eigenvalue weighted by molar-refractivity contribution is 0.0467. The van der Waals surface area contributed by atoms with E-state index >= 15 is 0 Å². The van der Waals surface area contributed by atoms with E-state index in [1.165, 1.54) is 47.2 Å². The molecule has 0 unspecified atom stereocenters. The van der Waals surface area contributed by atoms with Crippen LogP contribution in [-0.4, -0.2) is 43.9 Å². The predicted molar refractivity (Wildman–Crippen MR) is 119 cm³/mol. The summed E-state index contributed by atoms with van der Waals surface area (Å²) in [7, 11) is -2.39. The Morgan fingerprint density at radius 1 is 1.19 bits per heavy atom. The monoisotopic (exact) mass is 476 g/mol. The van der Waals surface area contributed by atoms with Crippen molar-refractivity contribution in [1.82, 2.24) is 9.29 Å². The van der Waals surface area contributed by atoms with Crippen molar-refractivity contribution < 1.29 is 27.1 Å². The van der Waals surface area contributed by atoms with Crippen molar-refractivity contribution in [1.29, 1.82) is 0 Å². The second-order valence-corrected chi connectivity index (χ2v) is 10.2. The van der Waals surface area contributed by atoms with Crippen molar-refractivity contribution in [2.24, 2.45) is 0 Å². The molecule has 1 saturated heterocycles. The Kier molecular flexibility index (Phi) is 6.92. The van der Waals surface area contributed by atoms with Gasteiger partial charge in [0.1, 0.15) is 29.2 Å². The third-order valence-electron chi connectivity index (χ3n) is 5.22. The topological polar surface area (TPSA) is 98.9 Å². The number of sulfonamides is 1. The van der Waals surface area contributed by atoms with Crippen LogP contribution in [0.15, 0.2) is 51.3 Å². The number of nitrogens with zero attached hydrogens (tertiary/aromatic N) is 2. The first-order valence-corrected chi connectivity index (χ1v) is 12.6. The normalized spacial score (nSPS) is 15.3. The third kappa shape index (κ3) is 4.87. The maximum absolute atomic E-state index is 13.3. The number of esters is 1. The molecule has 8 nitrogen and oxygen atoms in total. The second kappa shape index (κ2) is 9.85. The molecule has 0 amide bonds. The highest BCUT2D eigenvalue weighted by atomic mass is 32.2. The molecule has 1 fully saturated rings. The van der Waals surface area contributed by atoms with Gasteiger partial charge in [0.2, 0.25) is 15.9 Å². The highest BCUT2D eigenvalue weighted by Gasteiger charge is 2.29. The first-order valence-electron chi connectivity index (χ1n) is 10.3. The zero-order valence-electron chi connectivity index (χ0n) is 17.7. The molecule has 3 heterocycles. The van der Waals surface area contributed by atoms with E-state index in [1.54, 1.807) is 0 Å². The number of hydrogen-bond acceptors (Lipinski definition) is 8. The number of oxazole rings is 1. The fraction of sp³-hybridized carbons (Fsp3) is 0.364. The Bertz CT molecular complexity index is 1160. The maximum atomic E-state index is 13.3. The van der Waals surface area contributed by atoms with Crippen molar-refractivity contribution in [3.8, 4) is 16.5 Å². The van der Waals surface area contributed by atoms with Crippen LogP contribution in [0.2, 0.25) is 0 Å². The smallest absolute Gasteiger partial charge is 0.338 e. The molecule has 0 radical (unpaired) electrons. The van der Waals surface area contributed by atoms with E-state index in [0.29, 0.717) is 24.7 Å². The summed E-state index contributed by atoms with van der Waals surface area (Å²) in [5.74, 6) is 0.00450. The van der Waals surface area contributed by atoms with Gasteiger partial charge in [-0.3, -0.25) is 0 Å². The van der Waals surface area contributed by atoms with Crippen molar-refractivity contribution >= 4 is 27.3 Å². The summed E-state index contributed by atoms with van der Waals surface area (Å²) in [5.41, 5.74) is 0.592. The van der Waals surface area contributed by atoms with Gasteiger partial charge in [0.05, 0.1) is 17.6 Å². The Labute approximate surface area is 190 Å². The van der Waals surface area contributed by atoms with Gasteiger partial charge in [-0.05, 0) is 42.5 Å². The molecule has 1 aliphatic rings. The summed E-state index contributed by atoms with van der Waals surface area (Å²) in [6.45, 7) is 0.825. The quantitative estimate of drug-likeness (QED) is 0.468. The Morgan fingerprint density at radius 3 is 2.66 bits per heavy atom. The van der Waals surface area contributed by atoms with Crippen LogP contribution >= 0.6 is 11.3 Å². The number of hydrogen-bond donors (Lipinski definition) is 0. The van der Waals surface area contributed by atoms with E-state index < -0.39 is 16.0 Å². The minimum absolute atomic E-state index is 0.0298. The Balaban J connectivity index is 1.50. The number of ether oxygens (including phenoxy) is 2. The molecule has 0 aliphatic carbocycles. The molecule has 2 aromatic heterocycles. The van der Waals surface area contributed by atoms with Crippen molar-refractivity contribution in [2.75, 3.05) is 20.2 Å². The van der Waals surface area contributed by atoms with Gasteiger partial charge >= 0.3 is 5.97 Å². The van der Waals surface area contributed by atoms with E-state index in [2.05, 4.69) is 4.98 Å². The summed E-state index contributed by atoms with van der Waals surface area (Å²) < 4.78 is 44.0. The Morgan fingerprint density at radius 2 is 1.97 bits per heavy atom. The minimum Gasteiger partial charge on any atom is -0.495 e. The van der Waals surface area contributed by atoms with Crippen LogP contribution in [-0.2, 0) is 21.4 Å². The molecule has 32 heavy (non-hydrogen) atoms. The van der Waals surface area contributed by atoms with Gasteiger partial charge < -0.3 is 13.9 Å². The minimum atomic E-state index is -3.80. The number of carbonyl (C=O) groups excluding carboxylic acids is 1. The van der Waals surface area contributed by atoms with Crippen LogP contribution in [0.3, 0.4) is 0 Å². The molecule has 10 heteroatoms. The fourth-order valence-electron chi connectivity index (χ4n) is 3.54. The summed E-state index contributed by atoms with van der Waals surface area (Å²) in [6, 6.07) is 8.07. The van der Waals surface area contributed by atoms with Crippen LogP contribution < -0.4 is 4.74 Å². The van der Waals surface area contributed by atoms with Crippen LogP contribution in [0.25, 0.3) is 10.8 Å². The molecule has 0 saturated carbocycles. The van der Waals surface area contributed by atoms with Crippen molar-refractivity contribution in [2.45, 2.75) is 37.2 Å². The standard InChI is InChI=1S/C22H24N2O6S2/c1-28-18-9-8-16(13-20(18)32(26,27)24-10-4-2-3-5-11-24)22(25)30-15-17-14-29-21(23-17)19-7-6-12-31-19/h6-9,12-14H,2-5,10-11,15H2,1H3. The lowest BCUT2D eigenvalue weighted by Crippen LogP contribution is -2.32. The van der Waals surface area contributed by atoms with Gasteiger partial charge in [-0.2, -0.15) is 4.31 Å². The molecule has 170 valence electrons. The number of aromatic nitrogens is 1. The summed E-state index contributed by atoms with van der Waals surface area (Å²) >= 11 is 1.49. The zero-order valence-corrected chi connectivity index (χ0v) is 19.3. The number of rotatable bonds is 7. The summed E-state index contributed by atoms with van der Waals surface area (Å²) in [6.07, 6.45) is 5.08. The fourth-order valence-corrected chi connectivity index (χ4v) is 5.89. The van der Waals surface area contributed by atoms with Gasteiger partial charge in [0.25, 0.3) is 0 Å². The summed E-state index contributed by atoms with van der Waals surface area (Å²) in [4.78, 5) is 17.8. The van der Waals surface area contributed by atoms with Gasteiger partial charge in [-0.1, -0.05) is 18.9 Å². The molecule has 3 aromatic rings. The molecule has 0 N–H and O–H groups in total. The molecule has 1 aliphatic heterocycles. The number of thiophene rings is 1. The van der Waals surface area contributed by atoms with Crippen LogP contribution in [0.1, 0.15) is 41.7 Å². The average Bonchev–Trinajstić information content (AvgIpc) is 3.43. The largest absolute Gasteiger partial charge is 0.495 e. The van der Waals surface area contributed by atoms with Crippen LogP contribution in [0.4, 0.5) is 0 Å². The van der Waals surface area contributed by atoms with E-state index in [0.717, 1.165) is 30.6 Å². The lowest BCUT2D eigenvalue weighted by atomic mass is 10.2. The predicted octanol–water partition coefficient (Wildman–Crippen LogP) is 4.33. The first kappa shape index (κ1) is 22.5. The van der Waals surface area contributed by atoms with E-state index in [4.69, 9.17) is 13.9 Å². The van der Waals surface area contributed by atoms with Crippen LogP contribution in [0, 0.1) is 0 Å². The molecule has 1 aromatic carbocycles. The van der Waals surface area contributed by atoms with E-state index in [1.807, 2.05) is 17.5 Å². The van der Waals surface area contributed by atoms with Crippen LogP contribution in [0.5, 0.6) is 5.75 Å². The number of benzene rings is 1. The maximum Gasteiger partial charge on any atom is 0.338 e. The van der Waals surface area contributed by atoms with Gasteiger partial charge in [-0.15, -0.1) is 11.3 Å². The first-order chi connectivity index (χ1) is 15.5. The molecular formula is C22H24N2O6S2. The SMILES string of the molecule is COc1ccc(C(=O)OCc2coc(-c3cccs3)n2)cc1S(=O)(=O)N1CCCCCC1. The molecular weight excluding hydrogens is 452 g/mol. The van der Waals surface area contributed by atoms with Crippen molar-refractivity contribution in [3.05, 3.63) is 53.2 Å².